The number of nitrogens with zero attached hydrogens (tertiary/aromatic N) is 2. The van der Waals surface area contributed by atoms with Crippen molar-refractivity contribution in [3.63, 3.8) is 0 Å². The van der Waals surface area contributed by atoms with Crippen molar-refractivity contribution in [2.24, 2.45) is 11.7 Å². The van der Waals surface area contributed by atoms with Gasteiger partial charge in [-0.25, -0.2) is 9.78 Å². The van der Waals surface area contributed by atoms with Crippen LogP contribution in [0.2, 0.25) is 0 Å². The first-order valence-corrected chi connectivity index (χ1v) is 6.51. The fourth-order valence-corrected chi connectivity index (χ4v) is 1.92. The first kappa shape index (κ1) is 16.6. The summed E-state index contributed by atoms with van der Waals surface area (Å²) in [7, 11) is 0. The van der Waals surface area contributed by atoms with Crippen LogP contribution in [0.25, 0.3) is 0 Å². The lowest BCUT2D eigenvalue weighted by molar-refractivity contribution is -0.118. The maximum Gasteiger partial charge on any atom is 0.337 e. The minimum atomic E-state index is -1.10. The fraction of sp³-hybridized carbons (Fsp3) is 0.429. The maximum atomic E-state index is 12.4. The van der Waals surface area contributed by atoms with Gasteiger partial charge in [0.2, 0.25) is 5.91 Å². The Morgan fingerprint density at radius 3 is 2.38 bits per heavy atom. The molecular weight excluding hydrogens is 274 g/mol. The highest BCUT2D eigenvalue weighted by molar-refractivity contribution is 5.96. The molecule has 1 aromatic rings. The van der Waals surface area contributed by atoms with Crippen LogP contribution in [-0.2, 0) is 4.79 Å². The van der Waals surface area contributed by atoms with Gasteiger partial charge in [0.15, 0.2) is 0 Å². The van der Waals surface area contributed by atoms with Gasteiger partial charge in [0.05, 0.1) is 17.8 Å². The molecule has 0 aromatic carbocycles. The van der Waals surface area contributed by atoms with Gasteiger partial charge in [0.1, 0.15) is 5.69 Å². The molecule has 7 nitrogen and oxygen atoms in total. The van der Waals surface area contributed by atoms with Gasteiger partial charge in [-0.2, -0.15) is 0 Å². The first-order chi connectivity index (χ1) is 9.72. The highest BCUT2D eigenvalue weighted by atomic mass is 16.4. The van der Waals surface area contributed by atoms with E-state index >= 15 is 0 Å². The van der Waals surface area contributed by atoms with E-state index in [1.807, 2.05) is 13.8 Å². The van der Waals surface area contributed by atoms with Crippen LogP contribution in [0.15, 0.2) is 12.1 Å². The van der Waals surface area contributed by atoms with Gasteiger partial charge in [-0.15, -0.1) is 0 Å². The number of rotatable bonds is 6. The molecular formula is C14H19N3O4. The number of aromatic nitrogens is 1. The van der Waals surface area contributed by atoms with Gasteiger partial charge < -0.3 is 15.7 Å². The van der Waals surface area contributed by atoms with Gasteiger partial charge in [-0.1, -0.05) is 13.8 Å². The zero-order valence-electron chi connectivity index (χ0n) is 12.3. The van der Waals surface area contributed by atoms with Crippen LogP contribution in [0.1, 0.15) is 40.4 Å². The molecule has 1 rings (SSSR count). The van der Waals surface area contributed by atoms with E-state index in [4.69, 9.17) is 10.8 Å². The molecule has 0 radical (unpaired) electrons. The Morgan fingerprint density at radius 1 is 1.33 bits per heavy atom. The Kier molecular flexibility index (Phi) is 5.40. The molecule has 0 saturated carbocycles. The summed E-state index contributed by atoms with van der Waals surface area (Å²) >= 11 is 0. The van der Waals surface area contributed by atoms with Crippen LogP contribution >= 0.6 is 0 Å². The molecule has 7 heteroatoms. The van der Waals surface area contributed by atoms with E-state index in [1.54, 1.807) is 0 Å². The summed E-state index contributed by atoms with van der Waals surface area (Å²) < 4.78 is 0. The number of amides is 2. The van der Waals surface area contributed by atoms with Gasteiger partial charge in [-0.05, 0) is 25.0 Å². The average Bonchev–Trinajstić information content (AvgIpc) is 2.35. The monoisotopic (exact) mass is 293 g/mol. The standard InChI is InChI=1S/C14H19N3O4/c1-8(2)6-17(7-12(15)18)13(19)11-5-4-10(14(20)21)9(3)16-11/h4-5,8H,6-7H2,1-3H3,(H2,15,18)(H,20,21). The molecule has 0 fully saturated rings. The molecule has 114 valence electrons. The maximum absolute atomic E-state index is 12.4. The number of carboxylic acid groups (broad SMARTS) is 1. The van der Waals surface area contributed by atoms with Crippen LogP contribution < -0.4 is 5.73 Å². The summed E-state index contributed by atoms with van der Waals surface area (Å²) in [6, 6.07) is 2.67. The number of nitrogens with two attached hydrogens (primary N) is 1. The predicted molar refractivity (Wildman–Crippen MR) is 75.9 cm³/mol. The Balaban J connectivity index is 3.05. The summed E-state index contributed by atoms with van der Waals surface area (Å²) in [5.41, 5.74) is 5.53. The Labute approximate surface area is 122 Å². The highest BCUT2D eigenvalue weighted by Gasteiger charge is 2.21. The number of pyridine rings is 1. The van der Waals surface area contributed by atoms with Crippen LogP contribution in [0, 0.1) is 12.8 Å². The Morgan fingerprint density at radius 2 is 1.95 bits per heavy atom. The van der Waals surface area contributed by atoms with Crippen molar-refractivity contribution in [3.05, 3.63) is 29.1 Å². The van der Waals surface area contributed by atoms with E-state index in [-0.39, 0.29) is 29.4 Å². The molecule has 3 N–H and O–H groups in total. The third-order valence-electron chi connectivity index (χ3n) is 2.75. The first-order valence-electron chi connectivity index (χ1n) is 6.51. The number of hydrogen-bond donors (Lipinski definition) is 2. The lowest BCUT2D eigenvalue weighted by Gasteiger charge is -2.23. The van der Waals surface area contributed by atoms with E-state index in [9.17, 15) is 14.4 Å². The lowest BCUT2D eigenvalue weighted by Crippen LogP contribution is -2.41. The summed E-state index contributed by atoms with van der Waals surface area (Å²) in [4.78, 5) is 39.7. The molecule has 0 aliphatic heterocycles. The minimum Gasteiger partial charge on any atom is -0.478 e. The van der Waals surface area contributed by atoms with Crippen LogP contribution in [0.3, 0.4) is 0 Å². The summed E-state index contributed by atoms with van der Waals surface area (Å²) in [5.74, 6) is -1.99. The van der Waals surface area contributed by atoms with Crippen molar-refractivity contribution >= 4 is 17.8 Å². The second-order valence-electron chi connectivity index (χ2n) is 5.18. The van der Waals surface area contributed by atoms with Crippen molar-refractivity contribution in [3.8, 4) is 0 Å². The molecule has 0 saturated heterocycles. The third kappa shape index (κ3) is 4.55. The topological polar surface area (TPSA) is 114 Å². The second kappa shape index (κ2) is 6.83. The normalized spacial score (nSPS) is 10.5. The lowest BCUT2D eigenvalue weighted by atomic mass is 10.1. The van der Waals surface area contributed by atoms with Crippen LogP contribution in [0.4, 0.5) is 0 Å². The summed E-state index contributed by atoms with van der Waals surface area (Å²) in [6.45, 7) is 5.50. The highest BCUT2D eigenvalue weighted by Crippen LogP contribution is 2.10. The van der Waals surface area contributed by atoms with E-state index < -0.39 is 17.8 Å². The van der Waals surface area contributed by atoms with Gasteiger partial charge in [-0.3, -0.25) is 9.59 Å². The Bertz CT molecular complexity index is 569. The van der Waals surface area contributed by atoms with Crippen molar-refractivity contribution in [2.45, 2.75) is 20.8 Å². The van der Waals surface area contributed by atoms with E-state index in [0.717, 1.165) is 0 Å². The van der Waals surface area contributed by atoms with Crippen molar-refractivity contribution in [2.75, 3.05) is 13.1 Å². The van der Waals surface area contributed by atoms with Gasteiger partial charge >= 0.3 is 5.97 Å². The molecule has 0 spiro atoms. The molecule has 1 aromatic heterocycles. The van der Waals surface area contributed by atoms with Crippen molar-refractivity contribution < 1.29 is 19.5 Å². The Hall–Kier alpha value is -2.44. The van der Waals surface area contributed by atoms with Crippen molar-refractivity contribution in [1.29, 1.82) is 0 Å². The number of carbonyl (C=O) groups excluding carboxylic acids is 2. The van der Waals surface area contributed by atoms with Crippen LogP contribution in [0.5, 0.6) is 0 Å². The third-order valence-corrected chi connectivity index (χ3v) is 2.75. The molecule has 21 heavy (non-hydrogen) atoms. The second-order valence-corrected chi connectivity index (χ2v) is 5.18. The van der Waals surface area contributed by atoms with Gasteiger partial charge in [0.25, 0.3) is 5.91 Å². The smallest absolute Gasteiger partial charge is 0.337 e. The van der Waals surface area contributed by atoms with Gasteiger partial charge in [0, 0.05) is 6.54 Å². The zero-order chi connectivity index (χ0) is 16.2. The molecule has 0 aliphatic rings. The molecule has 1 heterocycles. The SMILES string of the molecule is Cc1nc(C(=O)N(CC(N)=O)CC(C)C)ccc1C(=O)O. The number of aromatic carboxylic acids is 1. The minimum absolute atomic E-state index is 0.0388. The fourth-order valence-electron chi connectivity index (χ4n) is 1.92. The number of aryl methyl sites for hydroxylation is 1. The number of carbonyl (C=O) groups is 3. The van der Waals surface area contributed by atoms with Crippen molar-refractivity contribution in [1.82, 2.24) is 9.88 Å². The predicted octanol–water partition coefficient (Wildman–Crippen LogP) is 0.672. The van der Waals surface area contributed by atoms with E-state index in [0.29, 0.717) is 6.54 Å². The molecule has 0 aliphatic carbocycles. The average molecular weight is 293 g/mol. The molecule has 0 unspecified atom stereocenters. The number of hydrogen-bond acceptors (Lipinski definition) is 4. The number of primary amides is 1. The largest absolute Gasteiger partial charge is 0.478 e. The zero-order valence-corrected chi connectivity index (χ0v) is 12.3. The van der Waals surface area contributed by atoms with Crippen LogP contribution in [-0.4, -0.2) is 45.9 Å². The summed E-state index contributed by atoms with van der Waals surface area (Å²) in [6.07, 6.45) is 0. The summed E-state index contributed by atoms with van der Waals surface area (Å²) in [5, 5.41) is 8.95. The molecule has 2 amide bonds. The van der Waals surface area contributed by atoms with E-state index in [1.165, 1.54) is 24.0 Å². The number of carboxylic acids is 1. The molecule has 0 bridgehead atoms. The molecule has 0 atom stereocenters. The van der Waals surface area contributed by atoms with E-state index in [2.05, 4.69) is 4.98 Å². The quantitative estimate of drug-likeness (QED) is 0.800.